The van der Waals surface area contributed by atoms with Gasteiger partial charge in [-0.25, -0.2) is 0 Å². The van der Waals surface area contributed by atoms with Gasteiger partial charge in [-0.15, -0.1) is 0 Å². The molecular formula is C25H32N2O2. The van der Waals surface area contributed by atoms with Crippen molar-refractivity contribution in [1.82, 2.24) is 10.2 Å². The van der Waals surface area contributed by atoms with Crippen LogP contribution in [0.4, 0.5) is 0 Å². The molecule has 1 aliphatic carbocycles. The molecule has 0 unspecified atom stereocenters. The Bertz CT molecular complexity index is 795. The highest BCUT2D eigenvalue weighted by atomic mass is 16.2. The fraction of sp³-hybridized carbons (Fsp3) is 0.440. The lowest BCUT2D eigenvalue weighted by molar-refractivity contribution is -0.140. The van der Waals surface area contributed by atoms with E-state index in [1.807, 2.05) is 68.4 Å². The minimum Gasteiger partial charge on any atom is -0.352 e. The summed E-state index contributed by atoms with van der Waals surface area (Å²) in [5, 5.41) is 3.18. The number of hydrogen-bond donors (Lipinski definition) is 1. The number of nitrogens with one attached hydrogen (secondary N) is 1. The molecule has 2 aromatic carbocycles. The minimum absolute atomic E-state index is 0.0241. The second-order valence-corrected chi connectivity index (χ2v) is 8.19. The Labute approximate surface area is 174 Å². The molecule has 0 aliphatic heterocycles. The van der Waals surface area contributed by atoms with Gasteiger partial charge in [-0.1, -0.05) is 79.4 Å². The Morgan fingerprint density at radius 2 is 1.62 bits per heavy atom. The summed E-state index contributed by atoms with van der Waals surface area (Å²) in [5.41, 5.74) is 3.17. The lowest BCUT2D eigenvalue weighted by atomic mass is 9.95. The van der Waals surface area contributed by atoms with Crippen LogP contribution in [0.25, 0.3) is 0 Å². The lowest BCUT2D eigenvalue weighted by Gasteiger charge is -2.31. The van der Waals surface area contributed by atoms with E-state index >= 15 is 0 Å². The topological polar surface area (TPSA) is 49.4 Å². The number of aryl methyl sites for hydroxylation is 1. The van der Waals surface area contributed by atoms with E-state index in [1.54, 1.807) is 4.90 Å². The van der Waals surface area contributed by atoms with Crippen molar-refractivity contribution >= 4 is 11.8 Å². The second-order valence-electron chi connectivity index (χ2n) is 8.19. The molecule has 29 heavy (non-hydrogen) atoms. The van der Waals surface area contributed by atoms with E-state index < -0.39 is 6.04 Å². The van der Waals surface area contributed by atoms with Gasteiger partial charge in [-0.05, 0) is 37.8 Å². The first-order chi connectivity index (χ1) is 14.0. The molecule has 0 spiro atoms. The van der Waals surface area contributed by atoms with Crippen molar-refractivity contribution in [2.45, 2.75) is 71.0 Å². The Hall–Kier alpha value is -2.62. The highest BCUT2D eigenvalue weighted by Gasteiger charge is 2.28. The Balaban J connectivity index is 1.72. The third kappa shape index (κ3) is 6.18. The zero-order valence-corrected chi connectivity index (χ0v) is 17.6. The smallest absolute Gasteiger partial charge is 0.242 e. The molecule has 0 radical (unpaired) electrons. The van der Waals surface area contributed by atoms with Crippen molar-refractivity contribution in [1.29, 1.82) is 0 Å². The van der Waals surface area contributed by atoms with Crippen LogP contribution in [0.5, 0.6) is 0 Å². The molecule has 4 nitrogen and oxygen atoms in total. The quantitative estimate of drug-likeness (QED) is 0.759. The highest BCUT2D eigenvalue weighted by Crippen LogP contribution is 2.18. The zero-order valence-electron chi connectivity index (χ0n) is 17.6. The van der Waals surface area contributed by atoms with Gasteiger partial charge in [-0.3, -0.25) is 9.59 Å². The average Bonchev–Trinajstić information content (AvgIpc) is 2.74. The molecule has 0 saturated heterocycles. The Morgan fingerprint density at radius 3 is 2.28 bits per heavy atom. The van der Waals surface area contributed by atoms with Crippen LogP contribution in [0.15, 0.2) is 54.6 Å². The van der Waals surface area contributed by atoms with E-state index in [0.29, 0.717) is 13.0 Å². The predicted octanol–water partition coefficient (Wildman–Crippen LogP) is 4.40. The van der Waals surface area contributed by atoms with E-state index in [9.17, 15) is 9.59 Å². The highest BCUT2D eigenvalue weighted by molar-refractivity contribution is 5.88. The van der Waals surface area contributed by atoms with Gasteiger partial charge in [-0.2, -0.15) is 0 Å². The van der Waals surface area contributed by atoms with Gasteiger partial charge in [0.25, 0.3) is 0 Å². The third-order valence-electron chi connectivity index (χ3n) is 5.79. The molecule has 1 N–H and O–H groups in total. The van der Waals surface area contributed by atoms with Gasteiger partial charge in [0.15, 0.2) is 0 Å². The van der Waals surface area contributed by atoms with Crippen LogP contribution < -0.4 is 5.32 Å². The number of carbonyl (C=O) groups is 2. The van der Waals surface area contributed by atoms with Crippen molar-refractivity contribution in [3.8, 4) is 0 Å². The molecule has 1 atom stereocenters. The van der Waals surface area contributed by atoms with Gasteiger partial charge in [0.1, 0.15) is 6.04 Å². The lowest BCUT2D eigenvalue weighted by Crippen LogP contribution is -2.50. The number of benzene rings is 2. The monoisotopic (exact) mass is 392 g/mol. The van der Waals surface area contributed by atoms with Crippen LogP contribution in [-0.4, -0.2) is 28.8 Å². The molecule has 1 aliphatic rings. The first-order valence-electron chi connectivity index (χ1n) is 10.7. The maximum absolute atomic E-state index is 13.2. The largest absolute Gasteiger partial charge is 0.352 e. The summed E-state index contributed by atoms with van der Waals surface area (Å²) in [6.45, 7) is 4.31. The molecular weight excluding hydrogens is 360 g/mol. The molecule has 2 aromatic rings. The normalized spacial score (nSPS) is 15.5. The van der Waals surface area contributed by atoms with Crippen molar-refractivity contribution in [3.63, 3.8) is 0 Å². The fourth-order valence-corrected chi connectivity index (χ4v) is 3.91. The summed E-state index contributed by atoms with van der Waals surface area (Å²) >= 11 is 0. The van der Waals surface area contributed by atoms with Crippen molar-refractivity contribution in [2.75, 3.05) is 0 Å². The first kappa shape index (κ1) is 21.1. The second kappa shape index (κ2) is 10.2. The zero-order chi connectivity index (χ0) is 20.6. The van der Waals surface area contributed by atoms with Crippen molar-refractivity contribution in [2.24, 2.45) is 0 Å². The summed E-state index contributed by atoms with van der Waals surface area (Å²) in [4.78, 5) is 27.8. The number of nitrogens with zero attached hydrogens (tertiary/aromatic N) is 1. The summed E-state index contributed by atoms with van der Waals surface area (Å²) in [6.07, 6.45) is 5.95. The Morgan fingerprint density at radius 1 is 0.966 bits per heavy atom. The number of carbonyl (C=O) groups excluding carboxylic acids is 2. The first-order valence-corrected chi connectivity index (χ1v) is 10.7. The standard InChI is InChI=1S/C25H32N2O2/c1-19-13-15-21(16-14-19)17-24(28)27(18-22-9-5-3-6-10-22)20(2)25(29)26-23-11-7-4-8-12-23/h3,5-6,9-10,13-16,20,23H,4,7-8,11-12,17-18H2,1-2H3,(H,26,29)/t20-/m0/s1. The molecule has 1 saturated carbocycles. The molecule has 0 aromatic heterocycles. The summed E-state index contributed by atoms with van der Waals surface area (Å²) < 4.78 is 0. The van der Waals surface area contributed by atoms with E-state index in [-0.39, 0.29) is 17.9 Å². The SMILES string of the molecule is Cc1ccc(CC(=O)N(Cc2ccccc2)[C@@H](C)C(=O)NC2CCCCC2)cc1. The maximum atomic E-state index is 13.2. The summed E-state index contributed by atoms with van der Waals surface area (Å²) in [5.74, 6) is -0.0749. The Kier molecular flexibility index (Phi) is 7.45. The molecule has 2 amide bonds. The van der Waals surface area contributed by atoms with E-state index in [1.165, 1.54) is 24.8 Å². The van der Waals surface area contributed by atoms with Crippen molar-refractivity contribution in [3.05, 3.63) is 71.3 Å². The van der Waals surface area contributed by atoms with Crippen LogP contribution in [0.1, 0.15) is 55.7 Å². The number of hydrogen-bond acceptors (Lipinski definition) is 2. The molecule has 0 bridgehead atoms. The maximum Gasteiger partial charge on any atom is 0.242 e. The van der Waals surface area contributed by atoms with Gasteiger partial charge >= 0.3 is 0 Å². The van der Waals surface area contributed by atoms with Gasteiger partial charge in [0, 0.05) is 12.6 Å². The van der Waals surface area contributed by atoms with Crippen LogP contribution in [-0.2, 0) is 22.6 Å². The van der Waals surface area contributed by atoms with Gasteiger partial charge < -0.3 is 10.2 Å². The van der Waals surface area contributed by atoms with Gasteiger partial charge in [0.2, 0.25) is 11.8 Å². The van der Waals surface area contributed by atoms with E-state index in [2.05, 4.69) is 5.32 Å². The van der Waals surface area contributed by atoms with Crippen LogP contribution in [0.3, 0.4) is 0 Å². The van der Waals surface area contributed by atoms with E-state index in [4.69, 9.17) is 0 Å². The summed E-state index contributed by atoms with van der Waals surface area (Å²) in [6, 6.07) is 17.6. The number of amides is 2. The summed E-state index contributed by atoms with van der Waals surface area (Å²) in [7, 11) is 0. The fourth-order valence-electron chi connectivity index (χ4n) is 3.91. The van der Waals surface area contributed by atoms with Crippen LogP contribution >= 0.6 is 0 Å². The molecule has 0 heterocycles. The number of rotatable bonds is 7. The third-order valence-corrected chi connectivity index (χ3v) is 5.79. The van der Waals surface area contributed by atoms with E-state index in [0.717, 1.165) is 24.0 Å². The van der Waals surface area contributed by atoms with Crippen LogP contribution in [0.2, 0.25) is 0 Å². The molecule has 3 rings (SSSR count). The van der Waals surface area contributed by atoms with Gasteiger partial charge in [0.05, 0.1) is 6.42 Å². The minimum atomic E-state index is -0.505. The molecule has 154 valence electrons. The average molecular weight is 393 g/mol. The van der Waals surface area contributed by atoms with Crippen LogP contribution in [0, 0.1) is 6.92 Å². The van der Waals surface area contributed by atoms with Crippen molar-refractivity contribution < 1.29 is 9.59 Å². The molecule has 1 fully saturated rings. The predicted molar refractivity (Wildman–Crippen MR) is 116 cm³/mol. The molecule has 4 heteroatoms.